The molecular weight excluding hydrogens is 477 g/mol. The molecule has 0 saturated carbocycles. The molecule has 0 atom stereocenters. The van der Waals surface area contributed by atoms with E-state index in [4.69, 9.17) is 0 Å². The molecule has 7 rings (SSSR count). The van der Waals surface area contributed by atoms with Crippen molar-refractivity contribution in [3.63, 3.8) is 0 Å². The van der Waals surface area contributed by atoms with Gasteiger partial charge >= 0.3 is 7.12 Å². The van der Waals surface area contributed by atoms with E-state index < -0.39 is 12.5 Å². The number of anilines is 2. The Morgan fingerprint density at radius 2 is 1.08 bits per heavy atom. The van der Waals surface area contributed by atoms with E-state index in [1.807, 2.05) is 6.07 Å². The van der Waals surface area contributed by atoms with Crippen LogP contribution in [0.4, 0.5) is 11.4 Å². The summed E-state index contributed by atoms with van der Waals surface area (Å²) < 4.78 is 0. The van der Waals surface area contributed by atoms with Crippen LogP contribution in [0.2, 0.25) is 0 Å². The van der Waals surface area contributed by atoms with Crippen molar-refractivity contribution in [3.8, 4) is 22.3 Å². The van der Waals surface area contributed by atoms with E-state index in [-0.39, 0.29) is 5.41 Å². The number of hydrogen-bond acceptors (Lipinski definition) is 3. The molecule has 0 radical (unpaired) electrons. The molecule has 0 bridgehead atoms. The Morgan fingerprint density at radius 3 is 1.56 bits per heavy atom. The molecule has 0 unspecified atom stereocenters. The topological polar surface area (TPSA) is 52.5 Å². The first kappa shape index (κ1) is 24.0. The zero-order valence-corrected chi connectivity index (χ0v) is 22.4. The first-order valence-corrected chi connectivity index (χ1v) is 13.5. The largest absolute Gasteiger partial charge is 0.490 e. The van der Waals surface area contributed by atoms with Crippen LogP contribution < -0.4 is 10.8 Å². The van der Waals surface area contributed by atoms with Gasteiger partial charge < -0.3 is 15.4 Å². The molecule has 1 spiro atoms. The van der Waals surface area contributed by atoms with Gasteiger partial charge in [0.25, 0.3) is 0 Å². The summed E-state index contributed by atoms with van der Waals surface area (Å²) in [6.07, 6.45) is 0. The number of benzene rings is 5. The van der Waals surface area contributed by atoms with E-state index in [1.165, 1.54) is 33.4 Å². The Labute approximate surface area is 230 Å². The molecule has 2 aliphatic carbocycles. The van der Waals surface area contributed by atoms with E-state index in [2.05, 4.69) is 129 Å². The summed E-state index contributed by atoms with van der Waals surface area (Å²) in [7, 11) is -1.61. The van der Waals surface area contributed by atoms with Gasteiger partial charge in [-0.25, -0.2) is 0 Å². The van der Waals surface area contributed by atoms with Crippen molar-refractivity contribution >= 4 is 24.0 Å². The predicted molar refractivity (Wildman–Crippen MR) is 161 cm³/mol. The van der Waals surface area contributed by atoms with Crippen LogP contribution in [0.1, 0.15) is 48.6 Å². The lowest BCUT2D eigenvalue weighted by atomic mass is 9.69. The van der Waals surface area contributed by atoms with Crippen LogP contribution >= 0.6 is 0 Å². The summed E-state index contributed by atoms with van der Waals surface area (Å²) >= 11 is 0. The zero-order valence-electron chi connectivity index (χ0n) is 22.4. The molecule has 2 aliphatic rings. The van der Waals surface area contributed by atoms with Gasteiger partial charge in [0, 0.05) is 16.8 Å². The molecule has 4 heteroatoms. The molecule has 190 valence electrons. The second-order valence-corrected chi connectivity index (χ2v) is 11.7. The van der Waals surface area contributed by atoms with E-state index in [9.17, 15) is 10.0 Å². The number of nitrogens with one attached hydrogen (secondary N) is 1. The minimum Gasteiger partial charge on any atom is -0.423 e. The third-order valence-corrected chi connectivity index (χ3v) is 8.48. The van der Waals surface area contributed by atoms with Gasteiger partial charge in [-0.15, -0.1) is 0 Å². The Bertz CT molecular complexity index is 1700. The van der Waals surface area contributed by atoms with Crippen molar-refractivity contribution in [2.75, 3.05) is 5.32 Å². The van der Waals surface area contributed by atoms with E-state index in [0.29, 0.717) is 11.2 Å². The molecule has 0 aliphatic heterocycles. The van der Waals surface area contributed by atoms with Crippen molar-refractivity contribution in [1.82, 2.24) is 0 Å². The van der Waals surface area contributed by atoms with Crippen molar-refractivity contribution in [3.05, 3.63) is 137 Å². The number of fused-ring (bicyclic) bond motifs is 10. The SMILES string of the molecule is CC(C)(C)c1ccc(Nc2cc3c(cc2B(O)O)-c2ccccc2C32c3ccccc3-c3ccccc32)cc1. The molecule has 0 amide bonds. The van der Waals surface area contributed by atoms with Crippen molar-refractivity contribution in [2.45, 2.75) is 31.6 Å². The van der Waals surface area contributed by atoms with Crippen molar-refractivity contribution in [1.29, 1.82) is 0 Å². The summed E-state index contributed by atoms with van der Waals surface area (Å²) in [6.45, 7) is 6.60. The smallest absolute Gasteiger partial charge is 0.423 e. The molecule has 5 aromatic carbocycles. The molecule has 0 fully saturated rings. The highest BCUT2D eigenvalue weighted by molar-refractivity contribution is 6.60. The molecular formula is C35H30BNO2. The maximum Gasteiger partial charge on any atom is 0.490 e. The zero-order chi connectivity index (χ0) is 26.9. The average Bonchev–Trinajstić information content (AvgIpc) is 3.39. The van der Waals surface area contributed by atoms with Gasteiger partial charge in [0.15, 0.2) is 0 Å². The third kappa shape index (κ3) is 3.38. The molecule has 5 aromatic rings. The van der Waals surface area contributed by atoms with Gasteiger partial charge in [-0.05, 0) is 73.7 Å². The fourth-order valence-corrected chi connectivity index (χ4v) is 6.69. The third-order valence-electron chi connectivity index (χ3n) is 8.48. The molecule has 3 nitrogen and oxygen atoms in total. The lowest BCUT2D eigenvalue weighted by molar-refractivity contribution is 0.426. The molecule has 0 aromatic heterocycles. The Hall–Kier alpha value is -4.12. The van der Waals surface area contributed by atoms with Crippen LogP contribution in [-0.2, 0) is 10.8 Å². The molecule has 0 saturated heterocycles. The highest BCUT2D eigenvalue weighted by Crippen LogP contribution is 2.62. The summed E-state index contributed by atoms with van der Waals surface area (Å²) in [5.74, 6) is 0. The maximum atomic E-state index is 10.5. The van der Waals surface area contributed by atoms with Crippen LogP contribution in [0.5, 0.6) is 0 Å². The van der Waals surface area contributed by atoms with Crippen LogP contribution in [0.3, 0.4) is 0 Å². The highest BCUT2D eigenvalue weighted by Gasteiger charge is 2.51. The molecule has 0 heterocycles. The summed E-state index contributed by atoms with van der Waals surface area (Å²) in [6, 6.07) is 38.4. The number of rotatable bonds is 3. The van der Waals surface area contributed by atoms with Gasteiger partial charge in [0.05, 0.1) is 5.41 Å². The molecule has 3 N–H and O–H groups in total. The van der Waals surface area contributed by atoms with Crippen LogP contribution in [-0.4, -0.2) is 17.2 Å². The Kier molecular flexibility index (Phi) is 5.19. The minimum absolute atomic E-state index is 0.0555. The summed E-state index contributed by atoms with van der Waals surface area (Å²) in [5, 5.41) is 24.5. The van der Waals surface area contributed by atoms with Crippen molar-refractivity contribution in [2.24, 2.45) is 0 Å². The Balaban J connectivity index is 1.49. The van der Waals surface area contributed by atoms with Gasteiger partial charge in [0.2, 0.25) is 0 Å². The van der Waals surface area contributed by atoms with Crippen molar-refractivity contribution < 1.29 is 10.0 Å². The van der Waals surface area contributed by atoms with Gasteiger partial charge in [-0.1, -0.05) is 112 Å². The van der Waals surface area contributed by atoms with E-state index >= 15 is 0 Å². The molecule has 39 heavy (non-hydrogen) atoms. The summed E-state index contributed by atoms with van der Waals surface area (Å²) in [5.41, 5.74) is 12.4. The number of hydrogen-bond donors (Lipinski definition) is 3. The standard InChI is InChI=1S/C35H30BNO2/c1-34(2,3)22-16-18-23(19-17-22)37-33-21-31-27(20-32(33)36(38)39)26-12-6-9-15-30(26)35(31)28-13-7-4-10-24(28)25-11-5-8-14-29(25)35/h4-21,37-39H,1-3H3. The lowest BCUT2D eigenvalue weighted by Gasteiger charge is -2.31. The van der Waals surface area contributed by atoms with E-state index in [0.717, 1.165) is 22.4 Å². The average molecular weight is 507 g/mol. The second-order valence-electron chi connectivity index (χ2n) is 11.7. The highest BCUT2D eigenvalue weighted by atomic mass is 16.4. The monoisotopic (exact) mass is 507 g/mol. The van der Waals surface area contributed by atoms with Crippen LogP contribution in [0, 0.1) is 0 Å². The lowest BCUT2D eigenvalue weighted by Crippen LogP contribution is -2.33. The van der Waals surface area contributed by atoms with Gasteiger partial charge in [-0.2, -0.15) is 0 Å². The quantitative estimate of drug-likeness (QED) is 0.232. The first-order chi connectivity index (χ1) is 18.8. The van der Waals surface area contributed by atoms with Gasteiger partial charge in [-0.3, -0.25) is 0 Å². The summed E-state index contributed by atoms with van der Waals surface area (Å²) in [4.78, 5) is 0. The van der Waals surface area contributed by atoms with Crippen LogP contribution in [0.25, 0.3) is 22.3 Å². The fraction of sp³-hybridized carbons (Fsp3) is 0.143. The Morgan fingerprint density at radius 1 is 0.590 bits per heavy atom. The van der Waals surface area contributed by atoms with E-state index in [1.54, 1.807) is 0 Å². The van der Waals surface area contributed by atoms with Gasteiger partial charge in [0.1, 0.15) is 0 Å². The first-order valence-electron chi connectivity index (χ1n) is 13.5. The fourth-order valence-electron chi connectivity index (χ4n) is 6.69. The van der Waals surface area contributed by atoms with Crippen LogP contribution in [0.15, 0.2) is 109 Å². The maximum absolute atomic E-state index is 10.5. The normalized spacial score (nSPS) is 14.0. The second kappa shape index (κ2) is 8.44. The predicted octanol–water partition coefficient (Wildman–Crippen LogP) is 6.75. The minimum atomic E-state index is -1.61.